The van der Waals surface area contributed by atoms with Crippen LogP contribution < -0.4 is 5.32 Å². The van der Waals surface area contributed by atoms with Crippen LogP contribution >= 0.6 is 0 Å². The molecular formula is C15H20N6O2. The van der Waals surface area contributed by atoms with Crippen molar-refractivity contribution in [1.29, 1.82) is 0 Å². The number of amides is 1. The van der Waals surface area contributed by atoms with E-state index in [-0.39, 0.29) is 11.8 Å². The van der Waals surface area contributed by atoms with E-state index in [1.54, 1.807) is 30.4 Å². The van der Waals surface area contributed by atoms with E-state index >= 15 is 0 Å². The number of aromatic nitrogens is 4. The van der Waals surface area contributed by atoms with Gasteiger partial charge in [0.15, 0.2) is 5.82 Å². The summed E-state index contributed by atoms with van der Waals surface area (Å²) in [6, 6.07) is 2.12. The van der Waals surface area contributed by atoms with Crippen molar-refractivity contribution in [2.45, 2.75) is 38.3 Å². The molecule has 2 heterocycles. The van der Waals surface area contributed by atoms with Crippen LogP contribution in [-0.4, -0.2) is 44.0 Å². The van der Waals surface area contributed by atoms with E-state index in [1.807, 2.05) is 0 Å². The van der Waals surface area contributed by atoms with Crippen LogP contribution in [0.4, 0.5) is 5.95 Å². The summed E-state index contributed by atoms with van der Waals surface area (Å²) >= 11 is 0. The Hall–Kier alpha value is -2.51. The summed E-state index contributed by atoms with van der Waals surface area (Å²) in [5, 5.41) is 7.07. The second-order valence-corrected chi connectivity index (χ2v) is 5.81. The normalized spacial score (nSPS) is 20.9. The molecule has 2 aromatic heterocycles. The van der Waals surface area contributed by atoms with Gasteiger partial charge in [0.2, 0.25) is 18.2 Å². The Morgan fingerprint density at radius 2 is 2.00 bits per heavy atom. The molecule has 0 spiro atoms. The topological polar surface area (TPSA) is 97.0 Å². The maximum absolute atomic E-state index is 12.5. The molecule has 0 radical (unpaired) electrons. The quantitative estimate of drug-likeness (QED) is 0.892. The maximum atomic E-state index is 12.5. The Morgan fingerprint density at radius 1 is 1.26 bits per heavy atom. The predicted molar refractivity (Wildman–Crippen MR) is 82.2 cm³/mol. The highest BCUT2D eigenvalue weighted by Gasteiger charge is 2.28. The van der Waals surface area contributed by atoms with Gasteiger partial charge in [0, 0.05) is 31.4 Å². The average molecular weight is 316 g/mol. The fourth-order valence-corrected chi connectivity index (χ4v) is 2.90. The Labute approximate surface area is 134 Å². The molecule has 0 bridgehead atoms. The summed E-state index contributed by atoms with van der Waals surface area (Å²) in [6.45, 7) is 0.380. The van der Waals surface area contributed by atoms with E-state index in [4.69, 9.17) is 4.52 Å². The highest BCUT2D eigenvalue weighted by molar-refractivity contribution is 5.78. The van der Waals surface area contributed by atoms with Gasteiger partial charge >= 0.3 is 0 Å². The first-order valence-corrected chi connectivity index (χ1v) is 7.76. The third-order valence-electron chi connectivity index (χ3n) is 4.14. The Morgan fingerprint density at radius 3 is 2.65 bits per heavy atom. The molecule has 0 aromatic carbocycles. The van der Waals surface area contributed by atoms with Gasteiger partial charge in [-0.05, 0) is 31.7 Å². The molecule has 2 aromatic rings. The average Bonchev–Trinajstić information content (AvgIpc) is 3.09. The van der Waals surface area contributed by atoms with Crippen LogP contribution in [0.2, 0.25) is 0 Å². The van der Waals surface area contributed by atoms with Crippen molar-refractivity contribution < 1.29 is 9.32 Å². The molecule has 1 aliphatic rings. The number of carbonyl (C=O) groups excluding carboxylic acids is 1. The first-order valence-electron chi connectivity index (χ1n) is 7.76. The smallest absolute Gasteiger partial charge is 0.225 e. The summed E-state index contributed by atoms with van der Waals surface area (Å²) in [5.41, 5.74) is 0. The van der Waals surface area contributed by atoms with Crippen molar-refractivity contribution in [3.63, 3.8) is 0 Å². The Kier molecular flexibility index (Phi) is 4.80. The van der Waals surface area contributed by atoms with E-state index in [9.17, 15) is 4.79 Å². The Balaban J connectivity index is 1.47. The van der Waals surface area contributed by atoms with E-state index in [0.29, 0.717) is 24.4 Å². The van der Waals surface area contributed by atoms with E-state index in [1.165, 1.54) is 6.39 Å². The van der Waals surface area contributed by atoms with E-state index < -0.39 is 0 Å². The third kappa shape index (κ3) is 4.02. The number of hydrogen-bond donors (Lipinski definition) is 1. The van der Waals surface area contributed by atoms with Crippen LogP contribution in [0.25, 0.3) is 0 Å². The molecule has 0 atom stereocenters. The zero-order valence-corrected chi connectivity index (χ0v) is 13.1. The molecule has 23 heavy (non-hydrogen) atoms. The lowest BCUT2D eigenvalue weighted by Gasteiger charge is -2.30. The van der Waals surface area contributed by atoms with Crippen LogP contribution in [-0.2, 0) is 11.3 Å². The highest BCUT2D eigenvalue weighted by atomic mass is 16.5. The molecule has 1 saturated carbocycles. The van der Waals surface area contributed by atoms with Crippen LogP contribution in [0, 0.1) is 5.92 Å². The van der Waals surface area contributed by atoms with Gasteiger partial charge in [-0.15, -0.1) is 0 Å². The standard InChI is InChI=1S/C15H20N6O2/c1-21(9-13-18-10-23-20-13)14(22)11-3-5-12(6-4-11)19-15-16-7-2-8-17-15/h2,7-8,10-12H,3-6,9H2,1H3,(H,16,17,19). The van der Waals surface area contributed by atoms with Gasteiger partial charge in [0.05, 0.1) is 6.54 Å². The molecule has 1 N–H and O–H groups in total. The molecule has 0 aliphatic heterocycles. The van der Waals surface area contributed by atoms with Crippen molar-refractivity contribution in [2.24, 2.45) is 5.92 Å². The first-order chi connectivity index (χ1) is 11.2. The number of nitrogens with zero attached hydrogens (tertiary/aromatic N) is 5. The van der Waals surface area contributed by atoms with Crippen LogP contribution in [0.15, 0.2) is 29.4 Å². The molecule has 1 aliphatic carbocycles. The lowest BCUT2D eigenvalue weighted by atomic mass is 9.85. The van der Waals surface area contributed by atoms with Crippen LogP contribution in [0.3, 0.4) is 0 Å². The lowest BCUT2D eigenvalue weighted by molar-refractivity contribution is -0.135. The molecule has 1 amide bonds. The lowest BCUT2D eigenvalue weighted by Crippen LogP contribution is -2.37. The Bertz CT molecular complexity index is 610. The zero-order valence-electron chi connectivity index (χ0n) is 13.1. The van der Waals surface area contributed by atoms with E-state index in [2.05, 4.69) is 25.4 Å². The second-order valence-electron chi connectivity index (χ2n) is 5.81. The molecule has 0 saturated heterocycles. The predicted octanol–water partition coefficient (Wildman–Crippen LogP) is 1.49. The van der Waals surface area contributed by atoms with Gasteiger partial charge in [-0.3, -0.25) is 4.79 Å². The van der Waals surface area contributed by atoms with Crippen molar-refractivity contribution >= 4 is 11.9 Å². The summed E-state index contributed by atoms with van der Waals surface area (Å²) in [5.74, 6) is 1.37. The number of nitrogens with one attached hydrogen (secondary N) is 1. The summed E-state index contributed by atoms with van der Waals surface area (Å²) in [7, 11) is 1.78. The van der Waals surface area contributed by atoms with Crippen molar-refractivity contribution in [2.75, 3.05) is 12.4 Å². The third-order valence-corrected chi connectivity index (χ3v) is 4.14. The minimum Gasteiger partial charge on any atom is -0.351 e. The zero-order chi connectivity index (χ0) is 16.1. The number of hydrogen-bond acceptors (Lipinski definition) is 7. The van der Waals surface area contributed by atoms with Crippen LogP contribution in [0.1, 0.15) is 31.5 Å². The number of carbonyl (C=O) groups is 1. The summed E-state index contributed by atoms with van der Waals surface area (Å²) in [6.07, 6.45) is 8.31. The molecule has 3 rings (SSSR count). The number of anilines is 1. The van der Waals surface area contributed by atoms with Crippen LogP contribution in [0.5, 0.6) is 0 Å². The van der Waals surface area contributed by atoms with Gasteiger partial charge in [0.1, 0.15) is 0 Å². The largest absolute Gasteiger partial charge is 0.351 e. The monoisotopic (exact) mass is 316 g/mol. The van der Waals surface area contributed by atoms with Gasteiger partial charge in [-0.2, -0.15) is 4.98 Å². The molecule has 8 nitrogen and oxygen atoms in total. The van der Waals surface area contributed by atoms with Gasteiger partial charge in [-0.25, -0.2) is 9.97 Å². The molecule has 8 heteroatoms. The SMILES string of the molecule is CN(Cc1ncon1)C(=O)C1CCC(Nc2ncccn2)CC1. The molecule has 0 unspecified atom stereocenters. The van der Waals surface area contributed by atoms with Crippen molar-refractivity contribution in [1.82, 2.24) is 25.0 Å². The first kappa shape index (κ1) is 15.4. The molecular weight excluding hydrogens is 296 g/mol. The fraction of sp³-hybridized carbons (Fsp3) is 0.533. The van der Waals surface area contributed by atoms with Crippen molar-refractivity contribution in [3.8, 4) is 0 Å². The minimum absolute atomic E-state index is 0.0571. The van der Waals surface area contributed by atoms with Gasteiger partial charge < -0.3 is 14.7 Å². The van der Waals surface area contributed by atoms with Crippen molar-refractivity contribution in [3.05, 3.63) is 30.7 Å². The second kappa shape index (κ2) is 7.17. The molecule has 1 fully saturated rings. The van der Waals surface area contributed by atoms with E-state index in [0.717, 1.165) is 25.7 Å². The summed E-state index contributed by atoms with van der Waals surface area (Å²) < 4.78 is 4.69. The molecule has 122 valence electrons. The maximum Gasteiger partial charge on any atom is 0.225 e. The summed E-state index contributed by atoms with van der Waals surface area (Å²) in [4.78, 5) is 26.5. The highest BCUT2D eigenvalue weighted by Crippen LogP contribution is 2.27. The minimum atomic E-state index is 0.0571. The fourth-order valence-electron chi connectivity index (χ4n) is 2.90. The number of rotatable bonds is 5. The van der Waals surface area contributed by atoms with Gasteiger partial charge in [-0.1, -0.05) is 5.16 Å². The van der Waals surface area contributed by atoms with Gasteiger partial charge in [0.25, 0.3) is 0 Å².